The van der Waals surface area contributed by atoms with Gasteiger partial charge >= 0.3 is 0 Å². The van der Waals surface area contributed by atoms with Crippen molar-refractivity contribution >= 4 is 15.9 Å². The highest BCUT2D eigenvalue weighted by atomic mass is 32.2. The number of carbonyl (C=O) groups excluding carboxylic acids is 1. The molecular weight excluding hydrogens is 283 g/mol. The lowest BCUT2D eigenvalue weighted by Gasteiger charge is -2.20. The summed E-state index contributed by atoms with van der Waals surface area (Å²) in [5.41, 5.74) is -0.0656. The first kappa shape index (κ1) is 16.6. The molecule has 0 aliphatic carbocycles. The monoisotopic (exact) mass is 302 g/mol. The molecule has 20 heavy (non-hydrogen) atoms. The number of rotatable bonds is 5. The van der Waals surface area contributed by atoms with Crippen LogP contribution in [0.15, 0.2) is 23.1 Å². The molecule has 2 unspecified atom stereocenters. The van der Waals surface area contributed by atoms with Crippen LogP contribution < -0.4 is 10.5 Å². The van der Waals surface area contributed by atoms with Crippen molar-refractivity contribution in [1.82, 2.24) is 5.32 Å². The Morgan fingerprint density at radius 3 is 2.45 bits per heavy atom. The Labute approximate surface area is 118 Å². The number of benzene rings is 1. The fraction of sp³-hybridized carbons (Fsp3) is 0.462. The van der Waals surface area contributed by atoms with E-state index in [0.29, 0.717) is 0 Å². The van der Waals surface area contributed by atoms with Crippen LogP contribution in [0.4, 0.5) is 4.39 Å². The van der Waals surface area contributed by atoms with Gasteiger partial charge in [-0.05, 0) is 31.0 Å². The Morgan fingerprint density at radius 2 is 1.95 bits per heavy atom. The minimum absolute atomic E-state index is 0.0656. The van der Waals surface area contributed by atoms with Gasteiger partial charge in [0, 0.05) is 11.6 Å². The number of halogens is 1. The second kappa shape index (κ2) is 6.32. The zero-order valence-corrected chi connectivity index (χ0v) is 12.5. The normalized spacial score (nSPS) is 14.7. The molecule has 0 saturated heterocycles. The van der Waals surface area contributed by atoms with Gasteiger partial charge in [0.15, 0.2) is 0 Å². The average Bonchev–Trinajstić information content (AvgIpc) is 2.35. The van der Waals surface area contributed by atoms with E-state index in [9.17, 15) is 17.6 Å². The van der Waals surface area contributed by atoms with E-state index in [2.05, 4.69) is 5.32 Å². The van der Waals surface area contributed by atoms with Crippen LogP contribution in [0.5, 0.6) is 0 Å². The van der Waals surface area contributed by atoms with Crippen molar-refractivity contribution in [2.45, 2.75) is 38.1 Å². The van der Waals surface area contributed by atoms with E-state index >= 15 is 0 Å². The summed E-state index contributed by atoms with van der Waals surface area (Å²) in [6.07, 6.45) is 0.882. The zero-order valence-electron chi connectivity index (χ0n) is 11.7. The SMILES string of the molecule is CCC(C)C(C)NC(=O)c1cc(F)cc(S(N)(=O)=O)c1. The molecule has 0 radical (unpaired) electrons. The molecule has 0 bridgehead atoms. The standard InChI is InChI=1S/C13H19FN2O3S/c1-4-8(2)9(3)16-13(17)10-5-11(14)7-12(6-10)20(15,18)19/h5-9H,4H2,1-3H3,(H,16,17)(H2,15,18,19). The van der Waals surface area contributed by atoms with E-state index in [1.165, 1.54) is 0 Å². The lowest BCUT2D eigenvalue weighted by Crippen LogP contribution is -2.37. The molecule has 1 aromatic carbocycles. The summed E-state index contributed by atoms with van der Waals surface area (Å²) in [6, 6.07) is 2.72. The first-order valence-corrected chi connectivity index (χ1v) is 7.84. The molecule has 1 rings (SSSR count). The number of hydrogen-bond donors (Lipinski definition) is 2. The Bertz CT molecular complexity index is 602. The quantitative estimate of drug-likeness (QED) is 0.866. The molecule has 112 valence electrons. The van der Waals surface area contributed by atoms with E-state index in [1.54, 1.807) is 0 Å². The van der Waals surface area contributed by atoms with Gasteiger partial charge in [0.05, 0.1) is 4.90 Å². The maximum absolute atomic E-state index is 13.4. The van der Waals surface area contributed by atoms with E-state index in [1.807, 2.05) is 20.8 Å². The Hall–Kier alpha value is -1.47. The number of amides is 1. The second-order valence-electron chi connectivity index (χ2n) is 4.87. The molecule has 1 amide bonds. The van der Waals surface area contributed by atoms with Gasteiger partial charge in [-0.1, -0.05) is 20.3 Å². The van der Waals surface area contributed by atoms with Crippen LogP contribution >= 0.6 is 0 Å². The van der Waals surface area contributed by atoms with Crippen molar-refractivity contribution in [2.24, 2.45) is 11.1 Å². The van der Waals surface area contributed by atoms with Gasteiger partial charge in [-0.3, -0.25) is 4.79 Å². The summed E-state index contributed by atoms with van der Waals surface area (Å²) < 4.78 is 35.8. The maximum atomic E-state index is 13.4. The average molecular weight is 302 g/mol. The van der Waals surface area contributed by atoms with Crippen molar-refractivity contribution < 1.29 is 17.6 Å². The minimum Gasteiger partial charge on any atom is -0.349 e. The van der Waals surface area contributed by atoms with Gasteiger partial charge in [-0.25, -0.2) is 17.9 Å². The highest BCUT2D eigenvalue weighted by Crippen LogP contribution is 2.14. The number of hydrogen-bond acceptors (Lipinski definition) is 3. The predicted octanol–water partition coefficient (Wildman–Crippen LogP) is 1.64. The minimum atomic E-state index is -4.05. The summed E-state index contributed by atoms with van der Waals surface area (Å²) in [7, 11) is -4.05. The van der Waals surface area contributed by atoms with Gasteiger partial charge in [0.2, 0.25) is 10.0 Å². The Balaban J connectivity index is 3.03. The third-order valence-corrected chi connectivity index (χ3v) is 4.21. The van der Waals surface area contributed by atoms with Crippen LogP contribution in [0, 0.1) is 11.7 Å². The molecule has 0 heterocycles. The molecule has 0 fully saturated rings. The first-order chi connectivity index (χ1) is 9.15. The molecule has 0 spiro atoms. The molecular formula is C13H19FN2O3S. The topological polar surface area (TPSA) is 89.3 Å². The van der Waals surface area contributed by atoms with Gasteiger partial charge < -0.3 is 5.32 Å². The molecule has 0 aromatic heterocycles. The van der Waals surface area contributed by atoms with Crippen LogP contribution in [0.1, 0.15) is 37.6 Å². The van der Waals surface area contributed by atoms with Crippen LogP contribution in [0.25, 0.3) is 0 Å². The zero-order chi connectivity index (χ0) is 15.5. The summed E-state index contributed by atoms with van der Waals surface area (Å²) in [5.74, 6) is -1.09. The third-order valence-electron chi connectivity index (χ3n) is 3.32. The predicted molar refractivity (Wildman–Crippen MR) is 74.2 cm³/mol. The van der Waals surface area contributed by atoms with Gasteiger partial charge in [-0.2, -0.15) is 0 Å². The van der Waals surface area contributed by atoms with Crippen molar-refractivity contribution in [1.29, 1.82) is 0 Å². The first-order valence-electron chi connectivity index (χ1n) is 6.29. The van der Waals surface area contributed by atoms with Crippen molar-refractivity contribution in [3.63, 3.8) is 0 Å². The van der Waals surface area contributed by atoms with Crippen molar-refractivity contribution in [3.8, 4) is 0 Å². The van der Waals surface area contributed by atoms with E-state index < -0.39 is 26.6 Å². The largest absolute Gasteiger partial charge is 0.349 e. The van der Waals surface area contributed by atoms with Crippen LogP contribution in [0.2, 0.25) is 0 Å². The molecule has 7 heteroatoms. The summed E-state index contributed by atoms with van der Waals surface area (Å²) in [5, 5.41) is 7.65. The van der Waals surface area contributed by atoms with Crippen LogP contribution in [-0.4, -0.2) is 20.4 Å². The molecule has 0 saturated carbocycles. The lowest BCUT2D eigenvalue weighted by molar-refractivity contribution is 0.0927. The smallest absolute Gasteiger partial charge is 0.251 e. The fourth-order valence-electron chi connectivity index (χ4n) is 1.64. The molecule has 0 aliphatic rings. The van der Waals surface area contributed by atoms with Gasteiger partial charge in [0.25, 0.3) is 5.91 Å². The number of nitrogens with two attached hydrogens (primary N) is 1. The van der Waals surface area contributed by atoms with Gasteiger partial charge in [-0.15, -0.1) is 0 Å². The fourth-order valence-corrected chi connectivity index (χ4v) is 2.21. The lowest BCUT2D eigenvalue weighted by atomic mass is 10.0. The Kier molecular flexibility index (Phi) is 5.24. The number of nitrogens with one attached hydrogen (secondary N) is 1. The molecule has 3 N–H and O–H groups in total. The summed E-state index contributed by atoms with van der Waals surface area (Å²) >= 11 is 0. The molecule has 0 aliphatic heterocycles. The summed E-state index contributed by atoms with van der Waals surface area (Å²) in [6.45, 7) is 5.81. The maximum Gasteiger partial charge on any atom is 0.251 e. The van der Waals surface area contributed by atoms with Crippen LogP contribution in [-0.2, 0) is 10.0 Å². The van der Waals surface area contributed by atoms with E-state index in [-0.39, 0.29) is 17.5 Å². The van der Waals surface area contributed by atoms with E-state index in [4.69, 9.17) is 5.14 Å². The van der Waals surface area contributed by atoms with Crippen molar-refractivity contribution in [3.05, 3.63) is 29.6 Å². The van der Waals surface area contributed by atoms with E-state index in [0.717, 1.165) is 24.6 Å². The number of sulfonamides is 1. The highest BCUT2D eigenvalue weighted by Gasteiger charge is 2.18. The molecule has 1 aromatic rings. The Morgan fingerprint density at radius 1 is 1.35 bits per heavy atom. The highest BCUT2D eigenvalue weighted by molar-refractivity contribution is 7.89. The molecule has 2 atom stereocenters. The van der Waals surface area contributed by atoms with Gasteiger partial charge in [0.1, 0.15) is 5.82 Å². The second-order valence-corrected chi connectivity index (χ2v) is 6.43. The van der Waals surface area contributed by atoms with Crippen LogP contribution in [0.3, 0.4) is 0 Å². The molecule has 5 nitrogen and oxygen atoms in total. The summed E-state index contributed by atoms with van der Waals surface area (Å²) in [4.78, 5) is 11.6. The van der Waals surface area contributed by atoms with Crippen molar-refractivity contribution in [2.75, 3.05) is 0 Å². The number of primary sulfonamides is 1. The number of carbonyl (C=O) groups is 1. The third kappa shape index (κ3) is 4.28.